The number of carbonyl (C=O) groups excluding carboxylic acids is 1. The second kappa shape index (κ2) is 3.35. The lowest BCUT2D eigenvalue weighted by molar-refractivity contribution is 0.0987. The Morgan fingerprint density at radius 1 is 1.71 bits per heavy atom. The standard InChI is InChI=1S/C7H10N4O3/c8-5(13)6-10-7(14-11-6)4-1-3(12)2-9-4/h3-4,9,12H,1-2H2,(H2,8,13)/t3-,4+/m1/s1. The maximum absolute atomic E-state index is 10.7. The van der Waals surface area contributed by atoms with E-state index in [1.54, 1.807) is 0 Å². The van der Waals surface area contributed by atoms with Gasteiger partial charge in [-0.25, -0.2) is 0 Å². The molecule has 0 radical (unpaired) electrons. The van der Waals surface area contributed by atoms with Gasteiger partial charge in [0.15, 0.2) is 0 Å². The Hall–Kier alpha value is -1.47. The highest BCUT2D eigenvalue weighted by Crippen LogP contribution is 2.21. The summed E-state index contributed by atoms with van der Waals surface area (Å²) in [4.78, 5) is 14.5. The van der Waals surface area contributed by atoms with Gasteiger partial charge in [-0.15, -0.1) is 0 Å². The van der Waals surface area contributed by atoms with E-state index in [4.69, 9.17) is 10.3 Å². The third-order valence-electron chi connectivity index (χ3n) is 2.07. The van der Waals surface area contributed by atoms with Crippen LogP contribution in [0.15, 0.2) is 4.52 Å². The first-order valence-electron chi connectivity index (χ1n) is 4.21. The molecule has 1 aliphatic rings. The van der Waals surface area contributed by atoms with Crippen molar-refractivity contribution in [3.63, 3.8) is 0 Å². The number of aliphatic hydroxyl groups is 1. The van der Waals surface area contributed by atoms with Crippen LogP contribution < -0.4 is 11.1 Å². The molecule has 1 saturated heterocycles. The number of aromatic nitrogens is 2. The lowest BCUT2D eigenvalue weighted by Crippen LogP contribution is -2.16. The molecule has 0 saturated carbocycles. The number of aliphatic hydroxyl groups excluding tert-OH is 1. The summed E-state index contributed by atoms with van der Waals surface area (Å²) in [6.07, 6.45) is 0.0874. The van der Waals surface area contributed by atoms with Crippen molar-refractivity contribution in [2.24, 2.45) is 5.73 Å². The molecule has 76 valence electrons. The summed E-state index contributed by atoms with van der Waals surface area (Å²) in [6.45, 7) is 0.485. The zero-order chi connectivity index (χ0) is 10.1. The van der Waals surface area contributed by atoms with Crippen LogP contribution in [0.25, 0.3) is 0 Å². The number of carbonyl (C=O) groups is 1. The van der Waals surface area contributed by atoms with Crippen molar-refractivity contribution >= 4 is 5.91 Å². The first-order chi connectivity index (χ1) is 6.66. The zero-order valence-corrected chi connectivity index (χ0v) is 7.30. The highest BCUT2D eigenvalue weighted by atomic mass is 16.5. The van der Waals surface area contributed by atoms with Crippen LogP contribution in [0.1, 0.15) is 29.0 Å². The molecular weight excluding hydrogens is 188 g/mol. The smallest absolute Gasteiger partial charge is 0.290 e. The van der Waals surface area contributed by atoms with Crippen LogP contribution in [-0.4, -0.2) is 33.8 Å². The van der Waals surface area contributed by atoms with Gasteiger partial charge in [-0.2, -0.15) is 4.98 Å². The summed E-state index contributed by atoms with van der Waals surface area (Å²) in [5.74, 6) is -0.572. The summed E-state index contributed by atoms with van der Waals surface area (Å²) in [7, 11) is 0. The molecule has 1 fully saturated rings. The molecule has 0 aliphatic carbocycles. The van der Waals surface area contributed by atoms with Crippen LogP contribution in [0.3, 0.4) is 0 Å². The second-order valence-corrected chi connectivity index (χ2v) is 3.17. The van der Waals surface area contributed by atoms with E-state index in [1.807, 2.05) is 0 Å². The van der Waals surface area contributed by atoms with Crippen LogP contribution in [0.2, 0.25) is 0 Å². The molecule has 0 unspecified atom stereocenters. The van der Waals surface area contributed by atoms with Crippen LogP contribution in [-0.2, 0) is 0 Å². The van der Waals surface area contributed by atoms with Crippen molar-refractivity contribution < 1.29 is 14.4 Å². The first kappa shape index (κ1) is 9.10. The number of rotatable bonds is 2. The summed E-state index contributed by atoms with van der Waals surface area (Å²) in [5.41, 5.74) is 4.96. The van der Waals surface area contributed by atoms with Crippen molar-refractivity contribution in [3.05, 3.63) is 11.7 Å². The number of amides is 1. The predicted octanol–water partition coefficient (Wildman–Crippen LogP) is -1.44. The SMILES string of the molecule is NC(=O)c1noc([C@@H]2C[C@@H](O)CN2)n1. The fraction of sp³-hybridized carbons (Fsp3) is 0.571. The van der Waals surface area contributed by atoms with Crippen LogP contribution in [0.4, 0.5) is 0 Å². The van der Waals surface area contributed by atoms with E-state index < -0.39 is 12.0 Å². The van der Waals surface area contributed by atoms with Crippen molar-refractivity contribution in [1.82, 2.24) is 15.5 Å². The average molecular weight is 198 g/mol. The molecule has 0 aromatic carbocycles. The monoisotopic (exact) mass is 198 g/mol. The third-order valence-corrected chi connectivity index (χ3v) is 2.07. The quantitative estimate of drug-likeness (QED) is 0.536. The number of nitrogens with zero attached hydrogens (tertiary/aromatic N) is 2. The lowest BCUT2D eigenvalue weighted by atomic mass is 10.2. The molecule has 1 amide bonds. The fourth-order valence-electron chi connectivity index (χ4n) is 1.38. The largest absolute Gasteiger partial charge is 0.392 e. The minimum Gasteiger partial charge on any atom is -0.392 e. The molecule has 2 rings (SSSR count). The van der Waals surface area contributed by atoms with Crippen molar-refractivity contribution in [3.8, 4) is 0 Å². The minimum absolute atomic E-state index is 0.136. The molecule has 0 spiro atoms. The van der Waals surface area contributed by atoms with Gasteiger partial charge in [0.05, 0.1) is 12.1 Å². The number of β-amino-alcohol motifs (C(OH)–C–C–N with tert-alkyl or cyclic N) is 1. The molecule has 7 heteroatoms. The van der Waals surface area contributed by atoms with Gasteiger partial charge < -0.3 is 20.7 Å². The van der Waals surface area contributed by atoms with Crippen molar-refractivity contribution in [1.29, 1.82) is 0 Å². The van der Waals surface area contributed by atoms with Gasteiger partial charge in [0.1, 0.15) is 0 Å². The summed E-state index contributed by atoms with van der Waals surface area (Å²) < 4.78 is 4.82. The van der Waals surface area contributed by atoms with Gasteiger partial charge in [-0.05, 0) is 6.42 Å². The molecule has 14 heavy (non-hydrogen) atoms. The van der Waals surface area contributed by atoms with E-state index >= 15 is 0 Å². The van der Waals surface area contributed by atoms with E-state index in [1.165, 1.54) is 0 Å². The number of nitrogens with two attached hydrogens (primary N) is 1. The number of hydrogen-bond donors (Lipinski definition) is 3. The van der Waals surface area contributed by atoms with Crippen LogP contribution in [0.5, 0.6) is 0 Å². The predicted molar refractivity (Wildman–Crippen MR) is 44.2 cm³/mol. The zero-order valence-electron chi connectivity index (χ0n) is 7.30. The topological polar surface area (TPSA) is 114 Å². The van der Waals surface area contributed by atoms with E-state index in [-0.39, 0.29) is 17.8 Å². The number of hydrogen-bond acceptors (Lipinski definition) is 6. The van der Waals surface area contributed by atoms with E-state index in [9.17, 15) is 9.90 Å². The van der Waals surface area contributed by atoms with Gasteiger partial charge >= 0.3 is 0 Å². The highest BCUT2D eigenvalue weighted by Gasteiger charge is 2.28. The Balaban J connectivity index is 2.13. The molecule has 1 aromatic rings. The number of primary amides is 1. The van der Waals surface area contributed by atoms with Gasteiger partial charge in [-0.1, -0.05) is 5.16 Å². The molecule has 0 bridgehead atoms. The van der Waals surface area contributed by atoms with Gasteiger partial charge in [0.25, 0.3) is 11.7 Å². The van der Waals surface area contributed by atoms with E-state index in [0.29, 0.717) is 13.0 Å². The maximum atomic E-state index is 10.7. The Labute approximate surface area is 79.3 Å². The summed E-state index contributed by atoms with van der Waals surface area (Å²) >= 11 is 0. The van der Waals surface area contributed by atoms with Gasteiger partial charge in [-0.3, -0.25) is 4.79 Å². The highest BCUT2D eigenvalue weighted by molar-refractivity contribution is 5.88. The molecule has 1 aromatic heterocycles. The summed E-state index contributed by atoms with van der Waals surface area (Å²) in [6, 6.07) is -0.189. The first-order valence-corrected chi connectivity index (χ1v) is 4.21. The average Bonchev–Trinajstić information content (AvgIpc) is 2.70. The third kappa shape index (κ3) is 1.59. The Morgan fingerprint density at radius 2 is 2.50 bits per heavy atom. The fourth-order valence-corrected chi connectivity index (χ4v) is 1.38. The molecule has 2 heterocycles. The Bertz CT molecular complexity index is 350. The van der Waals surface area contributed by atoms with Crippen molar-refractivity contribution in [2.45, 2.75) is 18.6 Å². The van der Waals surface area contributed by atoms with Gasteiger partial charge in [0, 0.05) is 6.54 Å². The molecule has 7 nitrogen and oxygen atoms in total. The van der Waals surface area contributed by atoms with Crippen molar-refractivity contribution in [2.75, 3.05) is 6.54 Å². The molecule has 2 atom stereocenters. The molecular formula is C7H10N4O3. The van der Waals surface area contributed by atoms with E-state index in [0.717, 1.165) is 0 Å². The van der Waals surface area contributed by atoms with Crippen LogP contribution in [0, 0.1) is 0 Å². The van der Waals surface area contributed by atoms with Crippen LogP contribution >= 0.6 is 0 Å². The summed E-state index contributed by atoms with van der Waals surface area (Å²) in [5, 5.41) is 15.6. The Kier molecular flexibility index (Phi) is 2.18. The lowest BCUT2D eigenvalue weighted by Gasteiger charge is -2.01. The molecule has 1 aliphatic heterocycles. The van der Waals surface area contributed by atoms with E-state index in [2.05, 4.69) is 15.5 Å². The normalized spacial score (nSPS) is 26.6. The minimum atomic E-state index is -0.724. The molecule has 4 N–H and O–H groups in total. The Morgan fingerprint density at radius 3 is 3.00 bits per heavy atom. The second-order valence-electron chi connectivity index (χ2n) is 3.17. The van der Waals surface area contributed by atoms with Gasteiger partial charge in [0.2, 0.25) is 5.89 Å². The number of nitrogens with one attached hydrogen (secondary N) is 1. The maximum Gasteiger partial charge on any atom is 0.290 e.